The van der Waals surface area contributed by atoms with Crippen molar-refractivity contribution in [3.05, 3.63) is 39.9 Å². The first-order valence-electron chi connectivity index (χ1n) is 7.04. The zero-order chi connectivity index (χ0) is 19.4. The predicted octanol–water partition coefficient (Wildman–Crippen LogP) is 3.25. The summed E-state index contributed by atoms with van der Waals surface area (Å²) >= 11 is 0. The standard InChI is InChI=1S/C15H16F3N3O4/c1-14(2,3)12(22)8-11(15(16,17)18)19-20-13(23)9-4-6-10(7-5-9)21(24)25/h4-7H,8H2,1-3H3,(H,20,23)/b19-11-. The Morgan fingerprint density at radius 3 is 2.08 bits per heavy atom. The monoisotopic (exact) mass is 359 g/mol. The van der Waals surface area contributed by atoms with Crippen molar-refractivity contribution in [2.24, 2.45) is 10.5 Å². The van der Waals surface area contributed by atoms with Crippen LogP contribution in [0, 0.1) is 15.5 Å². The highest BCUT2D eigenvalue weighted by atomic mass is 19.4. The van der Waals surface area contributed by atoms with E-state index in [1.165, 1.54) is 20.8 Å². The Labute approximate surface area is 141 Å². The predicted molar refractivity (Wildman–Crippen MR) is 83.1 cm³/mol. The maximum Gasteiger partial charge on any atom is 0.431 e. The van der Waals surface area contributed by atoms with Gasteiger partial charge in [-0.05, 0) is 12.1 Å². The molecule has 0 saturated carbocycles. The average molecular weight is 359 g/mol. The summed E-state index contributed by atoms with van der Waals surface area (Å²) in [7, 11) is 0. The van der Waals surface area contributed by atoms with Crippen molar-refractivity contribution < 1.29 is 27.7 Å². The van der Waals surface area contributed by atoms with E-state index in [4.69, 9.17) is 0 Å². The maximum atomic E-state index is 13.0. The maximum absolute atomic E-state index is 13.0. The van der Waals surface area contributed by atoms with Gasteiger partial charge in [-0.25, -0.2) is 5.43 Å². The topological polar surface area (TPSA) is 102 Å². The lowest BCUT2D eigenvalue weighted by Crippen LogP contribution is -2.33. The fraction of sp³-hybridized carbons (Fsp3) is 0.400. The SMILES string of the molecule is CC(C)(C)C(=O)C/C(=N/NC(=O)c1ccc([N+](=O)[O-])cc1)C(F)(F)F. The molecule has 0 aromatic heterocycles. The van der Waals surface area contributed by atoms with E-state index in [-0.39, 0.29) is 11.3 Å². The number of hydrazone groups is 1. The van der Waals surface area contributed by atoms with Gasteiger partial charge >= 0.3 is 6.18 Å². The van der Waals surface area contributed by atoms with Crippen LogP contribution in [0.3, 0.4) is 0 Å². The zero-order valence-corrected chi connectivity index (χ0v) is 13.7. The minimum absolute atomic E-state index is 0.113. The van der Waals surface area contributed by atoms with Gasteiger partial charge in [-0.15, -0.1) is 0 Å². The molecule has 1 aromatic carbocycles. The molecule has 1 aromatic rings. The van der Waals surface area contributed by atoms with Gasteiger partial charge in [-0.2, -0.15) is 18.3 Å². The molecule has 0 radical (unpaired) electrons. The molecule has 1 rings (SSSR count). The average Bonchev–Trinajstić information content (AvgIpc) is 2.48. The molecule has 0 saturated heterocycles. The van der Waals surface area contributed by atoms with Crippen LogP contribution in [0.15, 0.2) is 29.4 Å². The number of amides is 1. The second-order valence-electron chi connectivity index (χ2n) is 6.15. The van der Waals surface area contributed by atoms with E-state index in [2.05, 4.69) is 5.10 Å². The summed E-state index contributed by atoms with van der Waals surface area (Å²) < 4.78 is 38.9. The van der Waals surface area contributed by atoms with Gasteiger partial charge in [0.2, 0.25) is 0 Å². The van der Waals surface area contributed by atoms with Crippen LogP contribution in [0.25, 0.3) is 0 Å². The number of hydrogen-bond acceptors (Lipinski definition) is 5. The molecule has 0 aliphatic heterocycles. The number of nitro groups is 1. The Hall–Kier alpha value is -2.78. The normalized spacial score (nSPS) is 12.6. The number of rotatable bonds is 5. The second-order valence-corrected chi connectivity index (χ2v) is 6.15. The quantitative estimate of drug-likeness (QED) is 0.495. The van der Waals surface area contributed by atoms with Crippen LogP contribution in [0.1, 0.15) is 37.6 Å². The minimum Gasteiger partial charge on any atom is -0.299 e. The number of halogens is 3. The Morgan fingerprint density at radius 1 is 1.16 bits per heavy atom. The van der Waals surface area contributed by atoms with E-state index in [1.807, 2.05) is 0 Å². The highest BCUT2D eigenvalue weighted by molar-refractivity contribution is 6.07. The Morgan fingerprint density at radius 2 is 1.68 bits per heavy atom. The number of alkyl halides is 3. The van der Waals surface area contributed by atoms with Crippen LogP contribution in [0.4, 0.5) is 18.9 Å². The van der Waals surface area contributed by atoms with Gasteiger partial charge in [-0.1, -0.05) is 20.8 Å². The molecular weight excluding hydrogens is 343 g/mol. The first-order chi connectivity index (χ1) is 11.3. The number of hydrogen-bond donors (Lipinski definition) is 1. The van der Waals surface area contributed by atoms with Crippen molar-refractivity contribution in [3.63, 3.8) is 0 Å². The van der Waals surface area contributed by atoms with Crippen molar-refractivity contribution in [2.45, 2.75) is 33.4 Å². The minimum atomic E-state index is -4.89. The Balaban J connectivity index is 2.94. The van der Waals surface area contributed by atoms with Crippen LogP contribution in [0.2, 0.25) is 0 Å². The van der Waals surface area contributed by atoms with E-state index >= 15 is 0 Å². The van der Waals surface area contributed by atoms with Crippen LogP contribution < -0.4 is 5.43 Å². The van der Waals surface area contributed by atoms with E-state index in [1.54, 1.807) is 5.43 Å². The molecule has 136 valence electrons. The number of ketones is 1. The summed E-state index contributed by atoms with van der Waals surface area (Å²) in [5.41, 5.74) is -1.09. The van der Waals surface area contributed by atoms with Crippen LogP contribution in [0.5, 0.6) is 0 Å². The summed E-state index contributed by atoms with van der Waals surface area (Å²) in [5, 5.41) is 13.5. The number of Topliss-reactive ketones (excluding diaryl/α,β-unsaturated/α-hetero) is 1. The van der Waals surface area contributed by atoms with Crippen LogP contribution in [-0.2, 0) is 4.79 Å². The van der Waals surface area contributed by atoms with Gasteiger partial charge in [0, 0.05) is 23.1 Å². The van der Waals surface area contributed by atoms with Crippen molar-refractivity contribution in [2.75, 3.05) is 0 Å². The van der Waals surface area contributed by atoms with Gasteiger partial charge in [-0.3, -0.25) is 19.7 Å². The molecule has 10 heteroatoms. The number of benzene rings is 1. The number of nitrogens with one attached hydrogen (secondary N) is 1. The third-order valence-corrected chi connectivity index (χ3v) is 3.12. The lowest BCUT2D eigenvalue weighted by molar-refractivity contribution is -0.384. The molecule has 25 heavy (non-hydrogen) atoms. The Bertz CT molecular complexity index is 704. The van der Waals surface area contributed by atoms with E-state index in [9.17, 15) is 32.9 Å². The second kappa shape index (κ2) is 7.41. The number of nitro benzene ring substituents is 1. The third-order valence-electron chi connectivity index (χ3n) is 3.12. The highest BCUT2D eigenvalue weighted by Crippen LogP contribution is 2.24. The first-order valence-corrected chi connectivity index (χ1v) is 7.04. The Kier molecular flexibility index (Phi) is 6.01. The van der Waals surface area contributed by atoms with Gasteiger partial charge in [0.1, 0.15) is 11.5 Å². The largest absolute Gasteiger partial charge is 0.431 e. The van der Waals surface area contributed by atoms with E-state index in [0.29, 0.717) is 0 Å². The summed E-state index contributed by atoms with van der Waals surface area (Å²) in [6, 6.07) is 4.23. The molecule has 0 aliphatic carbocycles. The number of non-ortho nitro benzene ring substituents is 1. The van der Waals surface area contributed by atoms with Crippen molar-refractivity contribution >= 4 is 23.1 Å². The van der Waals surface area contributed by atoms with Crippen molar-refractivity contribution in [3.8, 4) is 0 Å². The zero-order valence-electron chi connectivity index (χ0n) is 13.7. The highest BCUT2D eigenvalue weighted by Gasteiger charge is 2.39. The fourth-order valence-corrected chi connectivity index (χ4v) is 1.54. The summed E-state index contributed by atoms with van der Waals surface area (Å²) in [6.07, 6.45) is -5.86. The number of carbonyl (C=O) groups excluding carboxylic acids is 2. The third kappa shape index (κ3) is 5.98. The van der Waals surface area contributed by atoms with E-state index < -0.39 is 40.3 Å². The molecule has 1 amide bonds. The summed E-state index contributed by atoms with van der Waals surface area (Å²) in [4.78, 5) is 33.4. The van der Waals surface area contributed by atoms with Crippen LogP contribution >= 0.6 is 0 Å². The van der Waals surface area contributed by atoms with Gasteiger partial charge in [0.15, 0.2) is 0 Å². The molecule has 0 heterocycles. The van der Waals surface area contributed by atoms with Crippen molar-refractivity contribution in [1.82, 2.24) is 5.43 Å². The number of carbonyl (C=O) groups is 2. The summed E-state index contributed by atoms with van der Waals surface area (Å²) in [5.74, 6) is -1.67. The van der Waals surface area contributed by atoms with E-state index in [0.717, 1.165) is 24.3 Å². The smallest absolute Gasteiger partial charge is 0.299 e. The fourth-order valence-electron chi connectivity index (χ4n) is 1.54. The molecule has 0 bridgehead atoms. The van der Waals surface area contributed by atoms with Crippen LogP contribution in [-0.4, -0.2) is 28.5 Å². The van der Waals surface area contributed by atoms with Gasteiger partial charge in [0.25, 0.3) is 11.6 Å². The lowest BCUT2D eigenvalue weighted by Gasteiger charge is -2.18. The molecule has 1 N–H and O–H groups in total. The molecular formula is C15H16F3N3O4. The van der Waals surface area contributed by atoms with Gasteiger partial charge < -0.3 is 0 Å². The molecule has 7 nitrogen and oxygen atoms in total. The first kappa shape index (κ1) is 20.3. The molecule has 0 spiro atoms. The molecule has 0 unspecified atom stereocenters. The number of nitrogens with zero attached hydrogens (tertiary/aromatic N) is 2. The molecule has 0 aliphatic rings. The summed E-state index contributed by atoms with van der Waals surface area (Å²) in [6.45, 7) is 4.41. The van der Waals surface area contributed by atoms with Gasteiger partial charge in [0.05, 0.1) is 11.3 Å². The lowest BCUT2D eigenvalue weighted by atomic mass is 9.88. The van der Waals surface area contributed by atoms with Crippen molar-refractivity contribution in [1.29, 1.82) is 0 Å². The molecule has 0 fully saturated rings. The molecule has 0 atom stereocenters.